The molecule has 0 heterocycles. The summed E-state index contributed by atoms with van der Waals surface area (Å²) < 4.78 is 5.23. The molecule has 108 valence electrons. The average molecular weight is 280 g/mol. The summed E-state index contributed by atoms with van der Waals surface area (Å²) in [5.41, 5.74) is 2.85. The molecule has 2 nitrogen and oxygen atoms in total. The first-order chi connectivity index (χ1) is 9.94. The number of benzene rings is 2. The maximum atomic E-state index is 11.6. The van der Waals surface area contributed by atoms with E-state index in [9.17, 15) is 4.79 Å². The average Bonchev–Trinajstić information content (AvgIpc) is 2.45. The highest BCUT2D eigenvalue weighted by Crippen LogP contribution is 2.19. The monoisotopic (exact) mass is 280 g/mol. The Balaban J connectivity index is 2.05. The fourth-order valence-corrected chi connectivity index (χ4v) is 1.92. The molecule has 0 aliphatic rings. The maximum absolute atomic E-state index is 11.6. The van der Waals surface area contributed by atoms with Crippen molar-refractivity contribution in [2.24, 2.45) is 0 Å². The van der Waals surface area contributed by atoms with Gasteiger partial charge in [0.1, 0.15) is 5.60 Å². The molecule has 0 N–H and O–H groups in total. The number of hydrogen-bond donors (Lipinski definition) is 0. The third-order valence-electron chi connectivity index (χ3n) is 2.84. The molecule has 0 amide bonds. The molecule has 0 radical (unpaired) electrons. The van der Waals surface area contributed by atoms with Gasteiger partial charge >= 0.3 is 5.97 Å². The number of carbonyl (C=O) groups excluding carboxylic acids is 1. The molecule has 2 aromatic carbocycles. The minimum absolute atomic E-state index is 0.324. The molecule has 0 unspecified atom stereocenters. The number of hydrogen-bond acceptors (Lipinski definition) is 2. The first-order valence-corrected chi connectivity index (χ1v) is 7.01. The van der Waals surface area contributed by atoms with E-state index in [1.165, 1.54) is 11.6 Å². The molecule has 21 heavy (non-hydrogen) atoms. The van der Waals surface area contributed by atoms with Crippen molar-refractivity contribution >= 4 is 12.0 Å². The normalized spacial score (nSPS) is 11.6. The maximum Gasteiger partial charge on any atom is 0.331 e. The molecule has 0 saturated carbocycles. The van der Waals surface area contributed by atoms with E-state index < -0.39 is 5.60 Å². The molecule has 0 aliphatic heterocycles. The molecule has 0 atom stereocenters. The van der Waals surface area contributed by atoms with E-state index >= 15 is 0 Å². The highest BCUT2D eigenvalue weighted by molar-refractivity contribution is 5.87. The molecule has 0 saturated heterocycles. The van der Waals surface area contributed by atoms with Gasteiger partial charge in [-0.1, -0.05) is 54.6 Å². The van der Waals surface area contributed by atoms with Crippen LogP contribution in [0.15, 0.2) is 60.7 Å². The number of ether oxygens (including phenoxy) is 1. The van der Waals surface area contributed by atoms with Crippen LogP contribution in [0.25, 0.3) is 17.2 Å². The first kappa shape index (κ1) is 15.0. The lowest BCUT2D eigenvalue weighted by atomic mass is 10.0. The van der Waals surface area contributed by atoms with E-state index in [-0.39, 0.29) is 5.97 Å². The fraction of sp³-hybridized carbons (Fsp3) is 0.211. The summed E-state index contributed by atoms with van der Waals surface area (Å²) in [6.45, 7) is 5.56. The molecule has 0 fully saturated rings. The third kappa shape index (κ3) is 4.92. The van der Waals surface area contributed by atoms with Crippen LogP contribution in [0.1, 0.15) is 26.3 Å². The quantitative estimate of drug-likeness (QED) is 0.601. The molecular formula is C19H20O2. The SMILES string of the molecule is CC(C)(C)OC(=O)C=Cc1ccc(-c2ccccc2)cc1. The number of carbonyl (C=O) groups is 1. The Kier molecular flexibility index (Phi) is 4.59. The van der Waals surface area contributed by atoms with Gasteiger partial charge in [-0.2, -0.15) is 0 Å². The van der Waals surface area contributed by atoms with Crippen LogP contribution in [0.2, 0.25) is 0 Å². The second-order valence-electron chi connectivity index (χ2n) is 5.85. The van der Waals surface area contributed by atoms with E-state index in [1.807, 2.05) is 63.2 Å². The van der Waals surface area contributed by atoms with E-state index in [4.69, 9.17) is 4.74 Å². The Labute approximate surface area is 126 Å². The zero-order valence-electron chi connectivity index (χ0n) is 12.7. The lowest BCUT2D eigenvalue weighted by molar-refractivity contribution is -0.148. The van der Waals surface area contributed by atoms with Crippen LogP contribution in [-0.4, -0.2) is 11.6 Å². The van der Waals surface area contributed by atoms with Gasteiger partial charge in [-0.15, -0.1) is 0 Å². The minimum atomic E-state index is -0.460. The molecule has 0 aliphatic carbocycles. The highest BCUT2D eigenvalue weighted by Gasteiger charge is 2.13. The van der Waals surface area contributed by atoms with Crippen LogP contribution in [-0.2, 0) is 9.53 Å². The summed E-state index contributed by atoms with van der Waals surface area (Å²) in [4.78, 5) is 11.6. The fourth-order valence-electron chi connectivity index (χ4n) is 1.92. The second-order valence-corrected chi connectivity index (χ2v) is 5.85. The van der Waals surface area contributed by atoms with E-state index in [1.54, 1.807) is 6.08 Å². The van der Waals surface area contributed by atoms with Gasteiger partial charge in [0, 0.05) is 6.08 Å². The minimum Gasteiger partial charge on any atom is -0.457 e. The van der Waals surface area contributed by atoms with E-state index in [2.05, 4.69) is 12.1 Å². The predicted molar refractivity (Wildman–Crippen MR) is 86.8 cm³/mol. The van der Waals surface area contributed by atoms with Crippen molar-refractivity contribution < 1.29 is 9.53 Å². The molecular weight excluding hydrogens is 260 g/mol. The van der Waals surface area contributed by atoms with Crippen molar-refractivity contribution in [1.29, 1.82) is 0 Å². The molecule has 0 bridgehead atoms. The summed E-state index contributed by atoms with van der Waals surface area (Å²) >= 11 is 0. The molecule has 2 heteroatoms. The van der Waals surface area contributed by atoms with Crippen LogP contribution in [0.4, 0.5) is 0 Å². The van der Waals surface area contributed by atoms with Crippen molar-refractivity contribution in [2.45, 2.75) is 26.4 Å². The summed E-state index contributed by atoms with van der Waals surface area (Å²) in [5, 5.41) is 0. The Morgan fingerprint density at radius 1 is 0.905 bits per heavy atom. The largest absolute Gasteiger partial charge is 0.457 e. The Hall–Kier alpha value is -2.35. The van der Waals surface area contributed by atoms with Crippen LogP contribution >= 0.6 is 0 Å². The van der Waals surface area contributed by atoms with Crippen LogP contribution in [0, 0.1) is 0 Å². The Morgan fingerprint density at radius 3 is 2.05 bits per heavy atom. The van der Waals surface area contributed by atoms with Gasteiger partial charge in [0.05, 0.1) is 0 Å². The molecule has 2 rings (SSSR count). The zero-order valence-corrected chi connectivity index (χ0v) is 12.7. The van der Waals surface area contributed by atoms with Crippen molar-refractivity contribution in [3.63, 3.8) is 0 Å². The van der Waals surface area contributed by atoms with Gasteiger partial charge in [-0.25, -0.2) is 4.79 Å². The Bertz CT molecular complexity index is 617. The number of esters is 1. The molecule has 0 aromatic heterocycles. The first-order valence-electron chi connectivity index (χ1n) is 7.01. The highest BCUT2D eigenvalue weighted by atomic mass is 16.6. The van der Waals surface area contributed by atoms with E-state index in [0.29, 0.717) is 0 Å². The van der Waals surface area contributed by atoms with Crippen molar-refractivity contribution in [3.8, 4) is 11.1 Å². The Morgan fingerprint density at radius 2 is 1.48 bits per heavy atom. The third-order valence-corrected chi connectivity index (χ3v) is 2.84. The van der Waals surface area contributed by atoms with Gasteiger partial charge in [0.2, 0.25) is 0 Å². The summed E-state index contributed by atoms with van der Waals surface area (Å²) in [6.07, 6.45) is 3.23. The smallest absolute Gasteiger partial charge is 0.331 e. The van der Waals surface area contributed by atoms with Crippen molar-refractivity contribution in [1.82, 2.24) is 0 Å². The summed E-state index contributed by atoms with van der Waals surface area (Å²) in [5.74, 6) is -0.324. The van der Waals surface area contributed by atoms with Crippen molar-refractivity contribution in [2.75, 3.05) is 0 Å². The summed E-state index contributed by atoms with van der Waals surface area (Å²) in [6, 6.07) is 18.3. The predicted octanol–water partition coefficient (Wildman–Crippen LogP) is 4.71. The molecule has 2 aromatic rings. The number of rotatable bonds is 3. The standard InChI is InChI=1S/C19H20O2/c1-19(2,3)21-18(20)14-11-15-9-12-17(13-10-15)16-7-5-4-6-8-16/h4-14H,1-3H3. The molecule has 0 spiro atoms. The van der Waals surface area contributed by atoms with Crippen LogP contribution in [0.3, 0.4) is 0 Å². The van der Waals surface area contributed by atoms with Gasteiger partial charge in [-0.05, 0) is 43.5 Å². The van der Waals surface area contributed by atoms with Crippen LogP contribution in [0.5, 0.6) is 0 Å². The second kappa shape index (κ2) is 6.40. The van der Waals surface area contributed by atoms with Gasteiger partial charge in [0.25, 0.3) is 0 Å². The zero-order chi connectivity index (χ0) is 15.3. The lowest BCUT2D eigenvalue weighted by Gasteiger charge is -2.17. The van der Waals surface area contributed by atoms with Gasteiger partial charge in [0.15, 0.2) is 0 Å². The topological polar surface area (TPSA) is 26.3 Å². The lowest BCUT2D eigenvalue weighted by Crippen LogP contribution is -2.22. The summed E-state index contributed by atoms with van der Waals surface area (Å²) in [7, 11) is 0. The van der Waals surface area contributed by atoms with E-state index in [0.717, 1.165) is 11.1 Å². The van der Waals surface area contributed by atoms with Crippen molar-refractivity contribution in [3.05, 3.63) is 66.2 Å². The van der Waals surface area contributed by atoms with Gasteiger partial charge < -0.3 is 4.74 Å². The van der Waals surface area contributed by atoms with Gasteiger partial charge in [-0.3, -0.25) is 0 Å². The van der Waals surface area contributed by atoms with Crippen LogP contribution < -0.4 is 0 Å².